The average molecular weight is 293 g/mol. The molecule has 0 unspecified atom stereocenters. The molecule has 3 nitrogen and oxygen atoms in total. The summed E-state index contributed by atoms with van der Waals surface area (Å²) in [5.41, 5.74) is 4.09. The van der Waals surface area contributed by atoms with Crippen molar-refractivity contribution >= 4 is 11.5 Å². The number of hydrogen-bond acceptors (Lipinski definition) is 1. The largest absolute Gasteiger partial charge is 0.478 e. The van der Waals surface area contributed by atoms with E-state index in [4.69, 9.17) is 0 Å². The highest BCUT2D eigenvalue weighted by Gasteiger charge is 2.17. The van der Waals surface area contributed by atoms with Gasteiger partial charge < -0.3 is 9.51 Å². The zero-order valence-corrected chi connectivity index (χ0v) is 12.6. The third-order valence-electron chi connectivity index (χ3n) is 3.98. The van der Waals surface area contributed by atoms with E-state index in [1.165, 1.54) is 18.4 Å². The lowest BCUT2D eigenvalue weighted by Crippen LogP contribution is -1.97. The van der Waals surface area contributed by atoms with E-state index in [9.17, 15) is 9.90 Å². The van der Waals surface area contributed by atoms with Gasteiger partial charge in [0.1, 0.15) is 0 Å². The number of pyridine rings is 1. The zero-order valence-electron chi connectivity index (χ0n) is 12.6. The van der Waals surface area contributed by atoms with Crippen LogP contribution in [-0.4, -0.2) is 15.5 Å². The van der Waals surface area contributed by atoms with Crippen LogP contribution in [0.5, 0.6) is 0 Å². The first-order chi connectivity index (χ1) is 10.7. The van der Waals surface area contributed by atoms with Crippen LogP contribution in [0.2, 0.25) is 0 Å². The minimum atomic E-state index is -0.890. The molecule has 0 radical (unpaired) electrons. The first kappa shape index (κ1) is 14.4. The second kappa shape index (κ2) is 6.06. The van der Waals surface area contributed by atoms with Crippen molar-refractivity contribution in [3.63, 3.8) is 0 Å². The van der Waals surface area contributed by atoms with Gasteiger partial charge in [0.25, 0.3) is 0 Å². The SMILES string of the molecule is CCCCc1ccc(-c2cn3ccccc3c2C(=O)O)cc1. The first-order valence-electron chi connectivity index (χ1n) is 7.63. The molecule has 0 fully saturated rings. The molecular weight excluding hydrogens is 274 g/mol. The summed E-state index contributed by atoms with van der Waals surface area (Å²) in [6.07, 6.45) is 7.19. The van der Waals surface area contributed by atoms with Gasteiger partial charge in [0.15, 0.2) is 0 Å². The molecule has 0 saturated carbocycles. The number of carboxylic acid groups (broad SMARTS) is 1. The minimum absolute atomic E-state index is 0.363. The number of fused-ring (bicyclic) bond motifs is 1. The van der Waals surface area contributed by atoms with Crippen molar-refractivity contribution in [2.24, 2.45) is 0 Å². The maximum absolute atomic E-state index is 11.7. The maximum atomic E-state index is 11.7. The number of hydrogen-bond donors (Lipinski definition) is 1. The van der Waals surface area contributed by atoms with Crippen molar-refractivity contribution in [1.29, 1.82) is 0 Å². The van der Waals surface area contributed by atoms with E-state index >= 15 is 0 Å². The molecule has 0 aliphatic rings. The molecular formula is C19H19NO2. The summed E-state index contributed by atoms with van der Waals surface area (Å²) in [5, 5.41) is 9.57. The molecule has 22 heavy (non-hydrogen) atoms. The van der Waals surface area contributed by atoms with E-state index in [1.54, 1.807) is 0 Å². The Morgan fingerprint density at radius 1 is 1.14 bits per heavy atom. The highest BCUT2D eigenvalue weighted by atomic mass is 16.4. The van der Waals surface area contributed by atoms with Crippen molar-refractivity contribution in [1.82, 2.24) is 4.40 Å². The smallest absolute Gasteiger partial charge is 0.338 e. The third kappa shape index (κ3) is 2.62. The van der Waals surface area contributed by atoms with Crippen LogP contribution in [0.25, 0.3) is 16.6 Å². The Morgan fingerprint density at radius 3 is 2.59 bits per heavy atom. The van der Waals surface area contributed by atoms with Gasteiger partial charge in [0, 0.05) is 18.0 Å². The summed E-state index contributed by atoms with van der Waals surface area (Å²) in [7, 11) is 0. The molecule has 112 valence electrons. The Labute approximate surface area is 129 Å². The number of benzene rings is 1. The normalized spacial score (nSPS) is 11.0. The lowest BCUT2D eigenvalue weighted by atomic mass is 10.0. The Balaban J connectivity index is 2.05. The van der Waals surface area contributed by atoms with Gasteiger partial charge in [-0.05, 0) is 36.1 Å². The fourth-order valence-electron chi connectivity index (χ4n) is 2.80. The van der Waals surface area contributed by atoms with Crippen LogP contribution in [0, 0.1) is 0 Å². The van der Waals surface area contributed by atoms with Crippen LogP contribution >= 0.6 is 0 Å². The topological polar surface area (TPSA) is 41.7 Å². The van der Waals surface area contributed by atoms with Gasteiger partial charge in [0.05, 0.1) is 11.1 Å². The van der Waals surface area contributed by atoms with E-state index in [0.717, 1.165) is 23.1 Å². The summed E-state index contributed by atoms with van der Waals surface area (Å²) in [4.78, 5) is 11.7. The summed E-state index contributed by atoms with van der Waals surface area (Å²) in [6, 6.07) is 13.8. The number of unbranched alkanes of at least 4 members (excludes halogenated alkanes) is 1. The van der Waals surface area contributed by atoms with E-state index in [0.29, 0.717) is 5.56 Å². The molecule has 3 aromatic rings. The maximum Gasteiger partial charge on any atom is 0.338 e. The predicted octanol–water partition coefficient (Wildman–Crippen LogP) is 4.65. The fourth-order valence-corrected chi connectivity index (χ4v) is 2.80. The summed E-state index contributed by atoms with van der Waals surface area (Å²) < 4.78 is 1.86. The second-order valence-corrected chi connectivity index (χ2v) is 5.52. The molecule has 0 atom stereocenters. The molecule has 1 aromatic carbocycles. The van der Waals surface area contributed by atoms with Gasteiger partial charge in [-0.3, -0.25) is 0 Å². The van der Waals surface area contributed by atoms with Crippen molar-refractivity contribution in [2.75, 3.05) is 0 Å². The van der Waals surface area contributed by atoms with Crippen molar-refractivity contribution in [3.8, 4) is 11.1 Å². The Hall–Kier alpha value is -2.55. The van der Waals surface area contributed by atoms with E-state index < -0.39 is 5.97 Å². The van der Waals surface area contributed by atoms with Gasteiger partial charge in [-0.2, -0.15) is 0 Å². The van der Waals surface area contributed by atoms with Crippen molar-refractivity contribution in [3.05, 3.63) is 66.0 Å². The van der Waals surface area contributed by atoms with Gasteiger partial charge in [0.2, 0.25) is 0 Å². The van der Waals surface area contributed by atoms with Crippen LogP contribution in [0.3, 0.4) is 0 Å². The quantitative estimate of drug-likeness (QED) is 0.744. The van der Waals surface area contributed by atoms with Crippen LogP contribution < -0.4 is 0 Å². The molecule has 0 saturated heterocycles. The highest BCUT2D eigenvalue weighted by molar-refractivity contribution is 6.03. The van der Waals surface area contributed by atoms with Gasteiger partial charge in [-0.15, -0.1) is 0 Å². The van der Waals surface area contributed by atoms with Crippen LogP contribution in [0.4, 0.5) is 0 Å². The Morgan fingerprint density at radius 2 is 1.91 bits per heavy atom. The molecule has 1 N–H and O–H groups in total. The first-order valence-corrected chi connectivity index (χ1v) is 7.63. The Kier molecular flexibility index (Phi) is 3.96. The van der Waals surface area contributed by atoms with E-state index in [1.807, 2.05) is 47.1 Å². The summed E-state index contributed by atoms with van der Waals surface area (Å²) in [6.45, 7) is 2.18. The lowest BCUT2D eigenvalue weighted by molar-refractivity contribution is 0.0700. The zero-order chi connectivity index (χ0) is 15.5. The monoisotopic (exact) mass is 293 g/mol. The number of aromatic carboxylic acids is 1. The number of aryl methyl sites for hydroxylation is 1. The number of carbonyl (C=O) groups is 1. The molecule has 0 aliphatic heterocycles. The van der Waals surface area contributed by atoms with Gasteiger partial charge >= 0.3 is 5.97 Å². The molecule has 3 rings (SSSR count). The lowest BCUT2D eigenvalue weighted by Gasteiger charge is -2.04. The molecule has 0 spiro atoms. The van der Waals surface area contributed by atoms with Gasteiger partial charge in [-0.1, -0.05) is 43.7 Å². The number of carboxylic acids is 1. The fraction of sp³-hybridized carbons (Fsp3) is 0.211. The predicted molar refractivity (Wildman–Crippen MR) is 88.4 cm³/mol. The summed E-state index contributed by atoms with van der Waals surface area (Å²) >= 11 is 0. The van der Waals surface area contributed by atoms with Crippen molar-refractivity contribution < 1.29 is 9.90 Å². The van der Waals surface area contributed by atoms with Gasteiger partial charge in [-0.25, -0.2) is 4.79 Å². The van der Waals surface area contributed by atoms with Crippen LogP contribution in [0.15, 0.2) is 54.9 Å². The molecule has 0 amide bonds. The second-order valence-electron chi connectivity index (χ2n) is 5.52. The van der Waals surface area contributed by atoms with Crippen LogP contribution in [-0.2, 0) is 6.42 Å². The Bertz CT molecular complexity index is 800. The molecule has 2 aromatic heterocycles. The van der Waals surface area contributed by atoms with Crippen LogP contribution in [0.1, 0.15) is 35.7 Å². The number of aromatic nitrogens is 1. The van der Waals surface area contributed by atoms with Crippen molar-refractivity contribution in [2.45, 2.75) is 26.2 Å². The molecule has 0 aliphatic carbocycles. The number of rotatable bonds is 5. The van der Waals surface area contributed by atoms with E-state index in [-0.39, 0.29) is 0 Å². The molecule has 0 bridgehead atoms. The number of nitrogens with zero attached hydrogens (tertiary/aromatic N) is 1. The molecule has 2 heterocycles. The van der Waals surface area contributed by atoms with E-state index in [2.05, 4.69) is 19.1 Å². The average Bonchev–Trinajstić information content (AvgIpc) is 2.93. The highest BCUT2D eigenvalue weighted by Crippen LogP contribution is 2.29. The molecule has 3 heteroatoms. The standard InChI is InChI=1S/C19H19NO2/c1-2-3-6-14-8-10-15(11-9-14)16-13-20-12-5-4-7-17(20)18(16)19(21)22/h4-5,7-13H,2-3,6H2,1H3,(H,21,22). The summed E-state index contributed by atoms with van der Waals surface area (Å²) in [5.74, 6) is -0.890. The minimum Gasteiger partial charge on any atom is -0.478 e. The third-order valence-corrected chi connectivity index (χ3v) is 3.98.